The molecule has 3 heterocycles. The highest BCUT2D eigenvalue weighted by Crippen LogP contribution is 2.31. The topological polar surface area (TPSA) is 116 Å². The van der Waals surface area contributed by atoms with Gasteiger partial charge >= 0.3 is 0 Å². The number of hydrogen-bond donors (Lipinski definition) is 6. The van der Waals surface area contributed by atoms with Crippen LogP contribution in [-0.4, -0.2) is 41.9 Å². The molecule has 3 fully saturated rings. The van der Waals surface area contributed by atoms with Crippen molar-refractivity contribution >= 4 is 22.5 Å². The van der Waals surface area contributed by atoms with Crippen molar-refractivity contribution in [3.05, 3.63) is 36.5 Å². The molecule has 1 aromatic carbocycles. The van der Waals surface area contributed by atoms with Crippen molar-refractivity contribution in [2.45, 2.75) is 56.5 Å². The van der Waals surface area contributed by atoms with Gasteiger partial charge in [-0.3, -0.25) is 25.8 Å². The maximum Gasteiger partial charge on any atom is 0.240 e. The molecule has 6 atom stereocenters. The normalized spacial score (nSPS) is 34.2. The predicted molar refractivity (Wildman–Crippen MR) is 117 cm³/mol. The van der Waals surface area contributed by atoms with E-state index < -0.39 is 0 Å². The van der Waals surface area contributed by atoms with E-state index >= 15 is 0 Å². The number of benzene rings is 1. The molecule has 160 valence electrons. The standard InChI is InChI=1S/C22H31N7O/c23-15-7-1-2-8-16(15)26-18-11-14-12-25-29-22(30)19(14)21(28-18)27-17-9-3-5-13-6-4-10-24-20(13)17/h3-6,9-10,14-16,18-19,21,25-28H,1-2,7-8,11-12,23H2,(H,29,30)/t14?,15-,16+,18?,19?,21?/m0/s1. The van der Waals surface area contributed by atoms with Gasteiger partial charge in [-0.05, 0) is 37.3 Å². The first-order chi connectivity index (χ1) is 14.7. The monoisotopic (exact) mass is 409 g/mol. The van der Waals surface area contributed by atoms with Crippen molar-refractivity contribution < 1.29 is 4.79 Å². The van der Waals surface area contributed by atoms with Gasteiger partial charge in [-0.2, -0.15) is 0 Å². The van der Waals surface area contributed by atoms with Crippen LogP contribution >= 0.6 is 0 Å². The number of fused-ring (bicyclic) bond motifs is 2. The van der Waals surface area contributed by atoms with Crippen LogP contribution in [-0.2, 0) is 4.79 Å². The number of nitrogens with zero attached hydrogens (tertiary/aromatic N) is 1. The summed E-state index contributed by atoms with van der Waals surface area (Å²) in [5.41, 5.74) is 14.1. The second kappa shape index (κ2) is 8.47. The lowest BCUT2D eigenvalue weighted by Crippen LogP contribution is -2.69. The van der Waals surface area contributed by atoms with Crippen LogP contribution in [0.4, 0.5) is 5.69 Å². The van der Waals surface area contributed by atoms with Gasteiger partial charge in [-0.25, -0.2) is 5.43 Å². The fourth-order valence-corrected chi connectivity index (χ4v) is 5.30. The molecule has 0 bridgehead atoms. The van der Waals surface area contributed by atoms with E-state index in [0.29, 0.717) is 6.04 Å². The van der Waals surface area contributed by atoms with Gasteiger partial charge in [-0.1, -0.05) is 31.0 Å². The molecule has 7 N–H and O–H groups in total. The van der Waals surface area contributed by atoms with E-state index in [9.17, 15) is 4.79 Å². The van der Waals surface area contributed by atoms with E-state index in [2.05, 4.69) is 43.9 Å². The van der Waals surface area contributed by atoms with Crippen LogP contribution in [0.15, 0.2) is 36.5 Å². The van der Waals surface area contributed by atoms with Crippen LogP contribution < -0.4 is 32.5 Å². The molecule has 2 saturated heterocycles. The van der Waals surface area contributed by atoms with Crippen molar-refractivity contribution in [3.63, 3.8) is 0 Å². The third kappa shape index (κ3) is 3.88. The van der Waals surface area contributed by atoms with Crippen molar-refractivity contribution in [1.82, 2.24) is 26.5 Å². The fourth-order valence-electron chi connectivity index (χ4n) is 5.30. The lowest BCUT2D eigenvalue weighted by atomic mass is 9.80. The van der Waals surface area contributed by atoms with Gasteiger partial charge in [0.1, 0.15) is 0 Å². The molecule has 30 heavy (non-hydrogen) atoms. The first kappa shape index (κ1) is 19.7. The minimum Gasteiger partial charge on any atom is -0.367 e. The minimum absolute atomic E-state index is 0.0252. The summed E-state index contributed by atoms with van der Waals surface area (Å²) >= 11 is 0. The summed E-state index contributed by atoms with van der Waals surface area (Å²) < 4.78 is 0. The fraction of sp³-hybridized carbons (Fsp3) is 0.545. The van der Waals surface area contributed by atoms with Crippen LogP contribution in [0.3, 0.4) is 0 Å². The Balaban J connectivity index is 1.39. The molecule has 1 amide bonds. The Morgan fingerprint density at radius 3 is 2.90 bits per heavy atom. The molecule has 1 aromatic heterocycles. The van der Waals surface area contributed by atoms with Crippen LogP contribution in [0, 0.1) is 11.8 Å². The third-order valence-electron chi connectivity index (χ3n) is 6.84. The first-order valence-electron chi connectivity index (χ1n) is 11.1. The Hall–Kier alpha value is -2.26. The number of hydrogen-bond acceptors (Lipinski definition) is 7. The maximum absolute atomic E-state index is 12.7. The van der Waals surface area contributed by atoms with E-state index in [4.69, 9.17) is 5.73 Å². The summed E-state index contributed by atoms with van der Waals surface area (Å²) in [6, 6.07) is 10.6. The number of anilines is 1. The van der Waals surface area contributed by atoms with E-state index in [-0.39, 0.29) is 36.1 Å². The molecule has 2 aromatic rings. The largest absolute Gasteiger partial charge is 0.367 e. The van der Waals surface area contributed by atoms with Gasteiger partial charge in [0.05, 0.1) is 29.5 Å². The average Bonchev–Trinajstić information content (AvgIpc) is 2.76. The van der Waals surface area contributed by atoms with Gasteiger partial charge in [0.25, 0.3) is 0 Å². The molecule has 1 aliphatic carbocycles. The highest BCUT2D eigenvalue weighted by molar-refractivity contribution is 5.90. The van der Waals surface area contributed by atoms with Crippen LogP contribution in [0.1, 0.15) is 32.1 Å². The Labute approximate surface area is 176 Å². The number of hydrazine groups is 1. The number of piperidine rings is 1. The SMILES string of the molecule is N[C@H]1CCCC[C@H]1NC1CC2CNNC(=O)C2C(Nc2cccc3cccnc23)N1. The maximum atomic E-state index is 12.7. The van der Waals surface area contributed by atoms with Crippen molar-refractivity contribution in [1.29, 1.82) is 0 Å². The Bertz CT molecular complexity index is 901. The van der Waals surface area contributed by atoms with Gasteiger partial charge in [0.15, 0.2) is 0 Å². The predicted octanol–water partition coefficient (Wildman–Crippen LogP) is 1.02. The number of amides is 1. The van der Waals surface area contributed by atoms with Crippen molar-refractivity contribution in [3.8, 4) is 0 Å². The zero-order valence-corrected chi connectivity index (χ0v) is 17.1. The number of carbonyl (C=O) groups is 1. The molecule has 2 aliphatic heterocycles. The summed E-state index contributed by atoms with van der Waals surface area (Å²) in [5, 5.41) is 12.1. The summed E-state index contributed by atoms with van der Waals surface area (Å²) in [6.45, 7) is 0.763. The average molecular weight is 410 g/mol. The molecule has 8 nitrogen and oxygen atoms in total. The Kier molecular flexibility index (Phi) is 5.56. The van der Waals surface area contributed by atoms with Gasteiger partial charge in [0.2, 0.25) is 5.91 Å². The number of nitrogens with one attached hydrogen (secondary N) is 5. The van der Waals surface area contributed by atoms with Gasteiger partial charge in [-0.15, -0.1) is 0 Å². The summed E-state index contributed by atoms with van der Waals surface area (Å²) in [4.78, 5) is 17.3. The number of para-hydroxylation sites is 1. The number of carbonyl (C=O) groups excluding carboxylic acids is 1. The van der Waals surface area contributed by atoms with Gasteiger partial charge in [0, 0.05) is 30.2 Å². The Morgan fingerprint density at radius 2 is 2.00 bits per heavy atom. The molecular formula is C22H31N7O. The van der Waals surface area contributed by atoms with Crippen LogP contribution in [0.25, 0.3) is 10.9 Å². The molecule has 4 unspecified atom stereocenters. The number of pyridine rings is 1. The van der Waals surface area contributed by atoms with Crippen molar-refractivity contribution in [2.75, 3.05) is 11.9 Å². The van der Waals surface area contributed by atoms with E-state index in [1.54, 1.807) is 6.20 Å². The van der Waals surface area contributed by atoms with Gasteiger partial charge < -0.3 is 11.1 Å². The summed E-state index contributed by atoms with van der Waals surface area (Å²) in [5.74, 6) is 0.0957. The Morgan fingerprint density at radius 1 is 1.13 bits per heavy atom. The minimum atomic E-state index is -0.198. The van der Waals surface area contributed by atoms with E-state index in [1.165, 1.54) is 12.8 Å². The number of nitrogens with two attached hydrogens (primary N) is 1. The van der Waals surface area contributed by atoms with Crippen LogP contribution in [0.2, 0.25) is 0 Å². The molecule has 1 saturated carbocycles. The summed E-state index contributed by atoms with van der Waals surface area (Å²) in [6.07, 6.45) is 7.21. The zero-order valence-electron chi connectivity index (χ0n) is 17.1. The zero-order chi connectivity index (χ0) is 20.5. The third-order valence-corrected chi connectivity index (χ3v) is 6.84. The number of aromatic nitrogens is 1. The molecule has 0 radical (unpaired) electrons. The first-order valence-corrected chi connectivity index (χ1v) is 11.1. The highest BCUT2D eigenvalue weighted by atomic mass is 16.2. The quantitative estimate of drug-likeness (QED) is 0.447. The highest BCUT2D eigenvalue weighted by Gasteiger charge is 2.44. The number of rotatable bonds is 4. The second-order valence-electron chi connectivity index (χ2n) is 8.84. The molecular weight excluding hydrogens is 378 g/mol. The molecule has 0 spiro atoms. The molecule has 5 rings (SSSR count). The lowest BCUT2D eigenvalue weighted by Gasteiger charge is -2.46. The lowest BCUT2D eigenvalue weighted by molar-refractivity contribution is -0.133. The molecule has 3 aliphatic rings. The van der Waals surface area contributed by atoms with E-state index in [1.807, 2.05) is 18.2 Å². The van der Waals surface area contributed by atoms with Crippen LogP contribution in [0.5, 0.6) is 0 Å². The molecule has 8 heteroatoms. The second-order valence-corrected chi connectivity index (χ2v) is 8.84. The van der Waals surface area contributed by atoms with Crippen molar-refractivity contribution in [2.24, 2.45) is 17.6 Å². The van der Waals surface area contributed by atoms with E-state index in [0.717, 1.165) is 42.4 Å². The smallest absolute Gasteiger partial charge is 0.240 e. The summed E-state index contributed by atoms with van der Waals surface area (Å²) in [7, 11) is 0.